The molecular formula is C60H35OP. The van der Waals surface area contributed by atoms with Gasteiger partial charge in [-0.3, -0.25) is 0 Å². The van der Waals surface area contributed by atoms with Gasteiger partial charge in [0.15, 0.2) is 7.14 Å². The third kappa shape index (κ3) is 4.51. The second kappa shape index (κ2) is 12.5. The molecule has 0 bridgehead atoms. The number of fused-ring (bicyclic) bond motifs is 11. The number of rotatable bonds is 2. The van der Waals surface area contributed by atoms with Gasteiger partial charge in [0.05, 0.1) is 0 Å². The summed E-state index contributed by atoms with van der Waals surface area (Å²) in [4.78, 5) is 0. The summed E-state index contributed by atoms with van der Waals surface area (Å²) >= 11 is 0. The average molecular weight is 803 g/mol. The van der Waals surface area contributed by atoms with Crippen molar-refractivity contribution < 1.29 is 4.57 Å². The first kappa shape index (κ1) is 34.2. The summed E-state index contributed by atoms with van der Waals surface area (Å²) in [7, 11) is -3.44. The summed E-state index contributed by atoms with van der Waals surface area (Å²) in [6.07, 6.45) is 0. The van der Waals surface area contributed by atoms with Crippen molar-refractivity contribution in [1.29, 1.82) is 0 Å². The molecule has 0 fully saturated rings. The zero-order valence-corrected chi connectivity index (χ0v) is 34.5. The van der Waals surface area contributed by atoms with Crippen LogP contribution in [0.1, 0.15) is 0 Å². The van der Waals surface area contributed by atoms with Crippen LogP contribution < -0.4 is 15.9 Å². The van der Waals surface area contributed by atoms with Crippen molar-refractivity contribution in [2.24, 2.45) is 0 Å². The van der Waals surface area contributed by atoms with Gasteiger partial charge in [-0.05, 0) is 132 Å². The van der Waals surface area contributed by atoms with Crippen molar-refractivity contribution in [3.63, 3.8) is 0 Å². The minimum atomic E-state index is -3.44. The lowest BCUT2D eigenvalue weighted by Crippen LogP contribution is -2.26. The molecule has 0 aromatic heterocycles. The number of hydrogen-bond acceptors (Lipinski definition) is 1. The first-order valence-electron chi connectivity index (χ1n) is 21.4. The van der Waals surface area contributed by atoms with E-state index in [2.05, 4.69) is 206 Å². The summed E-state index contributed by atoms with van der Waals surface area (Å²) in [6.45, 7) is 0. The van der Waals surface area contributed by atoms with Gasteiger partial charge in [-0.25, -0.2) is 0 Å². The van der Waals surface area contributed by atoms with Crippen LogP contribution in [0.2, 0.25) is 0 Å². The lowest BCUT2D eigenvalue weighted by molar-refractivity contribution is 0.592. The van der Waals surface area contributed by atoms with E-state index in [0.717, 1.165) is 60.1 Å². The Balaban J connectivity index is 1.04. The monoisotopic (exact) mass is 802 g/mol. The van der Waals surface area contributed by atoms with Crippen LogP contribution in [0.25, 0.3) is 120 Å². The summed E-state index contributed by atoms with van der Waals surface area (Å²) in [5.74, 6) is 0. The van der Waals surface area contributed by atoms with Crippen LogP contribution in [0.4, 0.5) is 0 Å². The average Bonchev–Trinajstić information content (AvgIpc) is 3.43. The van der Waals surface area contributed by atoms with Gasteiger partial charge in [-0.1, -0.05) is 194 Å². The fourth-order valence-corrected chi connectivity index (χ4v) is 14.3. The van der Waals surface area contributed by atoms with Crippen LogP contribution >= 0.6 is 7.14 Å². The van der Waals surface area contributed by atoms with Gasteiger partial charge < -0.3 is 4.57 Å². The largest absolute Gasteiger partial charge is 0.309 e. The minimum Gasteiger partial charge on any atom is -0.309 e. The van der Waals surface area contributed by atoms with Gasteiger partial charge in [-0.2, -0.15) is 0 Å². The Morgan fingerprint density at radius 3 is 1.42 bits per heavy atom. The second-order valence-corrected chi connectivity index (χ2v) is 19.7. The van der Waals surface area contributed by atoms with Crippen molar-refractivity contribution >= 4 is 109 Å². The highest BCUT2D eigenvalue weighted by Crippen LogP contribution is 2.55. The predicted octanol–water partition coefficient (Wildman–Crippen LogP) is 15.3. The van der Waals surface area contributed by atoms with E-state index in [1.807, 2.05) is 6.07 Å². The van der Waals surface area contributed by atoms with E-state index in [-0.39, 0.29) is 0 Å². The quantitative estimate of drug-likeness (QED) is 0.126. The van der Waals surface area contributed by atoms with E-state index in [4.69, 9.17) is 0 Å². The molecule has 1 heterocycles. The molecule has 2 heteroatoms. The van der Waals surface area contributed by atoms with Gasteiger partial charge in [0.2, 0.25) is 0 Å². The topological polar surface area (TPSA) is 17.1 Å². The maximum atomic E-state index is 16.8. The summed E-state index contributed by atoms with van der Waals surface area (Å²) in [6, 6.07) is 77.2. The Labute approximate surface area is 357 Å². The van der Waals surface area contributed by atoms with Crippen molar-refractivity contribution in [3.05, 3.63) is 212 Å². The highest BCUT2D eigenvalue weighted by Gasteiger charge is 2.39. The Hall–Kier alpha value is -7.57. The lowest BCUT2D eigenvalue weighted by Gasteiger charge is -2.23. The highest BCUT2D eigenvalue weighted by atomic mass is 31.2. The van der Waals surface area contributed by atoms with Crippen LogP contribution in [-0.2, 0) is 4.57 Å². The molecule has 1 atom stereocenters. The molecule has 1 aliphatic heterocycles. The van der Waals surface area contributed by atoms with Crippen LogP contribution in [0.3, 0.4) is 0 Å². The molecule has 1 aliphatic rings. The molecule has 0 saturated carbocycles. The standard InChI is InChI=1S/C60H35OP/c61-62(53-21-6-5-17-47(53)51-32-28-37-10-1-3-15-45(37)59(51)60-46-16-4-2-11-38(46)29-33-54(60)62)44-30-26-36(27-31-44)43-34-42-25-24-41-13-8-19-49-48-18-7-12-39-22-23-40-14-9-20-50(57(40)55(39)48)52(35-43)58(42)56(41)49/h1-35H. The van der Waals surface area contributed by atoms with E-state index in [1.54, 1.807) is 0 Å². The van der Waals surface area contributed by atoms with Gasteiger partial charge in [0, 0.05) is 21.5 Å². The van der Waals surface area contributed by atoms with E-state index in [1.165, 1.54) is 75.4 Å². The van der Waals surface area contributed by atoms with Crippen LogP contribution in [-0.4, -0.2) is 0 Å². The maximum absolute atomic E-state index is 16.8. The van der Waals surface area contributed by atoms with Crippen molar-refractivity contribution in [3.8, 4) is 33.4 Å². The minimum absolute atomic E-state index is 0.835. The number of hydrogen-bond donors (Lipinski definition) is 0. The molecule has 62 heavy (non-hydrogen) atoms. The predicted molar refractivity (Wildman–Crippen MR) is 267 cm³/mol. The number of benzene rings is 12. The highest BCUT2D eigenvalue weighted by molar-refractivity contribution is 7.85. The van der Waals surface area contributed by atoms with Gasteiger partial charge in [0.25, 0.3) is 0 Å². The van der Waals surface area contributed by atoms with E-state index in [0.29, 0.717) is 0 Å². The van der Waals surface area contributed by atoms with Crippen LogP contribution in [0.5, 0.6) is 0 Å². The first-order chi connectivity index (χ1) is 30.6. The summed E-state index contributed by atoms with van der Waals surface area (Å²) < 4.78 is 16.8. The maximum Gasteiger partial charge on any atom is 0.172 e. The van der Waals surface area contributed by atoms with Gasteiger partial charge in [-0.15, -0.1) is 0 Å². The molecule has 13 aromatic rings. The Morgan fingerprint density at radius 2 is 0.758 bits per heavy atom. The molecule has 1 unspecified atom stereocenters. The fraction of sp³-hybridized carbons (Fsp3) is 0. The van der Waals surface area contributed by atoms with Crippen molar-refractivity contribution in [2.75, 3.05) is 0 Å². The van der Waals surface area contributed by atoms with E-state index in [9.17, 15) is 0 Å². The van der Waals surface area contributed by atoms with Crippen LogP contribution in [0, 0.1) is 0 Å². The molecule has 0 spiro atoms. The Bertz CT molecular complexity index is 4120. The smallest absolute Gasteiger partial charge is 0.172 e. The van der Waals surface area contributed by atoms with Crippen LogP contribution in [0.15, 0.2) is 212 Å². The summed E-state index contributed by atoms with van der Waals surface area (Å²) in [5.41, 5.74) is 6.59. The fourth-order valence-electron chi connectivity index (χ4n) is 11.2. The molecule has 0 amide bonds. The third-order valence-electron chi connectivity index (χ3n) is 13.9. The molecule has 1 nitrogen and oxygen atoms in total. The molecule has 0 aliphatic carbocycles. The third-order valence-corrected chi connectivity index (χ3v) is 17.1. The second-order valence-electron chi connectivity index (χ2n) is 17.0. The van der Waals surface area contributed by atoms with Crippen molar-refractivity contribution in [2.45, 2.75) is 0 Å². The summed E-state index contributed by atoms with van der Waals surface area (Å²) in [5, 5.41) is 22.4. The van der Waals surface area contributed by atoms with Gasteiger partial charge >= 0.3 is 0 Å². The van der Waals surface area contributed by atoms with Crippen molar-refractivity contribution in [1.82, 2.24) is 0 Å². The van der Waals surface area contributed by atoms with E-state index < -0.39 is 7.14 Å². The first-order valence-corrected chi connectivity index (χ1v) is 23.1. The molecule has 0 radical (unpaired) electrons. The SMILES string of the molecule is O=P1(c2ccc(-c3cc4ccc5cccc6c7cccc8ccc9cccc(c(c3)c4c56)c9c87)cc2)c2ccccc2-c2ccc3ccccc3c2-c2c1ccc1ccccc21. The zero-order chi connectivity index (χ0) is 40.7. The normalized spacial score (nSPS) is 14.9. The molecular weight excluding hydrogens is 768 g/mol. The van der Waals surface area contributed by atoms with E-state index >= 15 is 4.57 Å². The molecule has 14 rings (SSSR count). The Kier molecular flexibility index (Phi) is 6.89. The molecule has 0 saturated heterocycles. The zero-order valence-electron chi connectivity index (χ0n) is 33.6. The van der Waals surface area contributed by atoms with Gasteiger partial charge in [0.1, 0.15) is 0 Å². The molecule has 286 valence electrons. The molecule has 0 N–H and O–H groups in total. The lowest BCUT2D eigenvalue weighted by atomic mass is 9.86. The molecule has 13 aromatic carbocycles. The Morgan fingerprint density at radius 1 is 0.274 bits per heavy atom.